The Morgan fingerprint density at radius 1 is 0.514 bits per heavy atom. The molecule has 7 heteroatoms. The van der Waals surface area contributed by atoms with E-state index in [1.54, 1.807) is 0 Å². The van der Waals surface area contributed by atoms with E-state index in [-0.39, 0.29) is 24.2 Å². The van der Waals surface area contributed by atoms with Gasteiger partial charge in [-0.2, -0.15) is 0 Å². The largest absolute Gasteiger partial charge is 0.273 e. The monoisotopic (exact) mass is 487 g/mol. The Balaban J connectivity index is 1.50. The normalized spacial score (nSPS) is 15.0. The molecule has 0 radical (unpaired) electrons. The molecule has 6 aromatic rings. The summed E-state index contributed by atoms with van der Waals surface area (Å²) in [5.41, 5.74) is 6.14. The van der Waals surface area contributed by atoms with Crippen LogP contribution in [0.4, 0.5) is 0 Å². The Bertz CT molecular complexity index is 1490. The minimum absolute atomic E-state index is 0.0894. The third-order valence-electron chi connectivity index (χ3n) is 7.22. The van der Waals surface area contributed by atoms with Gasteiger partial charge in [-0.1, -0.05) is 109 Å². The maximum absolute atomic E-state index is 4.63. The van der Waals surface area contributed by atoms with E-state index >= 15 is 0 Å². The number of nitrogens with one attached hydrogen (secondary N) is 1. The first-order valence-electron chi connectivity index (χ1n) is 12.7. The lowest BCUT2D eigenvalue weighted by Gasteiger charge is -2.34. The number of nitrogens with zero attached hydrogens (tertiary/aromatic N) is 6. The number of benzene rings is 4. The topological polar surface area (TPSA) is 73.5 Å². The second-order valence-corrected chi connectivity index (χ2v) is 9.50. The number of fused-ring (bicyclic) bond motifs is 2. The molecule has 1 N–H and O–H groups in total. The molecule has 0 saturated heterocycles. The molecule has 4 aromatic carbocycles. The van der Waals surface area contributed by atoms with Gasteiger partial charge in [0.05, 0.1) is 11.0 Å². The molecule has 2 aromatic heterocycles. The van der Waals surface area contributed by atoms with E-state index in [1.807, 2.05) is 57.9 Å². The van der Waals surface area contributed by atoms with Crippen molar-refractivity contribution in [2.45, 2.75) is 38.0 Å². The van der Waals surface area contributed by atoms with Gasteiger partial charge in [-0.25, -0.2) is 9.36 Å². The van der Waals surface area contributed by atoms with Gasteiger partial charge >= 0.3 is 0 Å². The van der Waals surface area contributed by atoms with Crippen LogP contribution in [-0.4, -0.2) is 30.0 Å². The van der Waals surface area contributed by atoms with Crippen LogP contribution in [0.25, 0.3) is 22.1 Å². The van der Waals surface area contributed by atoms with E-state index in [0.29, 0.717) is 0 Å². The van der Waals surface area contributed by atoms with Crippen molar-refractivity contribution in [3.63, 3.8) is 0 Å². The summed E-state index contributed by atoms with van der Waals surface area (Å²) in [6, 6.07) is 37.3. The molecule has 0 amide bonds. The summed E-state index contributed by atoms with van der Waals surface area (Å²) in [7, 11) is 0. The van der Waals surface area contributed by atoms with E-state index in [2.05, 4.69) is 100 Å². The van der Waals surface area contributed by atoms with Gasteiger partial charge in [-0.3, -0.25) is 5.32 Å². The van der Waals surface area contributed by atoms with Gasteiger partial charge in [0.15, 0.2) is 0 Å². The van der Waals surface area contributed by atoms with Crippen LogP contribution in [0.3, 0.4) is 0 Å². The van der Waals surface area contributed by atoms with Gasteiger partial charge in [0, 0.05) is 11.8 Å². The third-order valence-corrected chi connectivity index (χ3v) is 7.22. The fourth-order valence-corrected chi connectivity index (χ4v) is 5.09. The van der Waals surface area contributed by atoms with E-state index in [4.69, 9.17) is 0 Å². The van der Waals surface area contributed by atoms with Gasteiger partial charge in [0.2, 0.25) is 0 Å². The molecule has 184 valence electrons. The molecule has 37 heavy (non-hydrogen) atoms. The molecule has 0 spiro atoms. The number of hydrogen-bond acceptors (Lipinski definition) is 5. The van der Waals surface area contributed by atoms with Gasteiger partial charge in [-0.05, 0) is 35.4 Å². The zero-order valence-electron chi connectivity index (χ0n) is 20.9. The first kappa shape index (κ1) is 23.1. The summed E-state index contributed by atoms with van der Waals surface area (Å²) in [5.74, 6) is 0.179. The molecule has 0 aliphatic carbocycles. The van der Waals surface area contributed by atoms with E-state index in [9.17, 15) is 0 Å². The van der Waals surface area contributed by atoms with Crippen LogP contribution in [0.15, 0.2) is 109 Å². The predicted octanol–water partition coefficient (Wildman–Crippen LogP) is 6.07. The fourth-order valence-electron chi connectivity index (χ4n) is 5.09. The standard InChI is InChI=1S/C30H29N7/c1-21(23-13-5-3-6-14-23)29(36-27-19-11-9-17-25(27)32-34-36)31-30(22(2)24-15-7-4-8-16-24)37-28-20-12-10-18-26(28)33-35-37/h3-22,29-31H,1-2H3. The Hall–Kier alpha value is -4.36. The van der Waals surface area contributed by atoms with Crippen LogP contribution >= 0.6 is 0 Å². The van der Waals surface area contributed by atoms with E-state index in [0.717, 1.165) is 22.1 Å². The van der Waals surface area contributed by atoms with E-state index in [1.165, 1.54) is 11.1 Å². The summed E-state index contributed by atoms with van der Waals surface area (Å²) in [6.07, 6.45) is -0.400. The zero-order valence-corrected chi connectivity index (χ0v) is 20.9. The molecule has 0 saturated carbocycles. The summed E-state index contributed by atoms with van der Waals surface area (Å²) in [5, 5.41) is 22.2. The van der Waals surface area contributed by atoms with E-state index < -0.39 is 0 Å². The van der Waals surface area contributed by atoms with Crippen molar-refractivity contribution in [3.05, 3.63) is 120 Å². The van der Waals surface area contributed by atoms with Crippen molar-refractivity contribution < 1.29 is 0 Å². The van der Waals surface area contributed by atoms with Crippen LogP contribution in [0.2, 0.25) is 0 Å². The minimum atomic E-state index is -0.200. The number of hydrogen-bond donors (Lipinski definition) is 1. The average Bonchev–Trinajstić information content (AvgIpc) is 3.59. The highest BCUT2D eigenvalue weighted by atomic mass is 15.5. The number of para-hydroxylation sites is 2. The van der Waals surface area contributed by atoms with Crippen molar-refractivity contribution in [3.8, 4) is 0 Å². The lowest BCUT2D eigenvalue weighted by Crippen LogP contribution is -2.40. The highest BCUT2D eigenvalue weighted by molar-refractivity contribution is 5.74. The summed E-state index contributed by atoms with van der Waals surface area (Å²) in [6.45, 7) is 4.46. The van der Waals surface area contributed by atoms with Gasteiger partial charge < -0.3 is 0 Å². The molecule has 2 heterocycles. The van der Waals surface area contributed by atoms with Gasteiger partial charge in [0.1, 0.15) is 23.4 Å². The molecule has 6 rings (SSSR count). The molecule has 0 aliphatic heterocycles. The maximum atomic E-state index is 4.63. The predicted molar refractivity (Wildman–Crippen MR) is 146 cm³/mol. The van der Waals surface area contributed by atoms with Crippen LogP contribution in [0, 0.1) is 0 Å². The molecular formula is C30H29N7. The molecule has 4 unspecified atom stereocenters. The summed E-state index contributed by atoms with van der Waals surface area (Å²) >= 11 is 0. The fraction of sp³-hybridized carbons (Fsp3) is 0.200. The second-order valence-electron chi connectivity index (χ2n) is 9.50. The quantitative estimate of drug-likeness (QED) is 0.282. The summed E-state index contributed by atoms with van der Waals surface area (Å²) < 4.78 is 4.02. The first-order valence-corrected chi connectivity index (χ1v) is 12.7. The van der Waals surface area contributed by atoms with Crippen molar-refractivity contribution in [2.24, 2.45) is 0 Å². The lowest BCUT2D eigenvalue weighted by molar-refractivity contribution is 0.218. The maximum Gasteiger partial charge on any atom is 0.113 e. The molecule has 7 nitrogen and oxygen atoms in total. The van der Waals surface area contributed by atoms with Crippen molar-refractivity contribution in [1.82, 2.24) is 35.3 Å². The Kier molecular flexibility index (Phi) is 6.20. The van der Waals surface area contributed by atoms with Crippen LogP contribution in [0.1, 0.15) is 49.1 Å². The Morgan fingerprint density at radius 2 is 0.892 bits per heavy atom. The Labute approximate surface area is 215 Å². The summed E-state index contributed by atoms with van der Waals surface area (Å²) in [4.78, 5) is 0. The third kappa shape index (κ3) is 4.38. The van der Waals surface area contributed by atoms with Gasteiger partial charge in [-0.15, -0.1) is 10.2 Å². The average molecular weight is 488 g/mol. The molecule has 4 atom stereocenters. The highest BCUT2D eigenvalue weighted by Gasteiger charge is 2.31. The SMILES string of the molecule is CC(c1ccccc1)C(NC(C(C)c1ccccc1)n1nnc2ccccc21)n1nnc2ccccc21. The molecule has 0 aliphatic rings. The smallest absolute Gasteiger partial charge is 0.113 e. The van der Waals surface area contributed by atoms with Crippen molar-refractivity contribution in [1.29, 1.82) is 0 Å². The van der Waals surface area contributed by atoms with Crippen molar-refractivity contribution in [2.75, 3.05) is 0 Å². The second kappa shape index (κ2) is 9.95. The van der Waals surface area contributed by atoms with Crippen LogP contribution in [-0.2, 0) is 0 Å². The molecule has 0 bridgehead atoms. The number of aromatic nitrogens is 6. The molecular weight excluding hydrogens is 458 g/mol. The zero-order chi connectivity index (χ0) is 25.2. The lowest BCUT2D eigenvalue weighted by atomic mass is 9.94. The minimum Gasteiger partial charge on any atom is -0.273 e. The Morgan fingerprint density at radius 3 is 1.32 bits per heavy atom. The van der Waals surface area contributed by atoms with Crippen LogP contribution < -0.4 is 5.32 Å². The highest BCUT2D eigenvalue weighted by Crippen LogP contribution is 2.35. The van der Waals surface area contributed by atoms with Crippen LogP contribution in [0.5, 0.6) is 0 Å². The molecule has 0 fully saturated rings. The number of rotatable bonds is 8. The van der Waals surface area contributed by atoms with Crippen molar-refractivity contribution >= 4 is 22.1 Å². The van der Waals surface area contributed by atoms with Gasteiger partial charge in [0.25, 0.3) is 0 Å². The first-order chi connectivity index (χ1) is 18.2.